The van der Waals surface area contributed by atoms with Gasteiger partial charge < -0.3 is 14.9 Å². The van der Waals surface area contributed by atoms with Gasteiger partial charge in [0.05, 0.1) is 12.5 Å². The SMILES string of the molecule is O=C(Cc1cccnc1)N1CCCC12CCCN(C1CCC(O)CC1)C2=O. The molecule has 0 bridgehead atoms. The molecule has 3 fully saturated rings. The zero-order chi connectivity index (χ0) is 18.9. The molecule has 6 heteroatoms. The number of aliphatic hydroxyl groups is 1. The van der Waals surface area contributed by atoms with E-state index in [9.17, 15) is 14.7 Å². The smallest absolute Gasteiger partial charge is 0.248 e. The van der Waals surface area contributed by atoms with Gasteiger partial charge >= 0.3 is 0 Å². The molecule has 146 valence electrons. The Morgan fingerprint density at radius 3 is 2.63 bits per heavy atom. The highest BCUT2D eigenvalue weighted by Gasteiger charge is 2.53. The van der Waals surface area contributed by atoms with Crippen molar-refractivity contribution in [1.29, 1.82) is 0 Å². The van der Waals surface area contributed by atoms with Crippen LogP contribution in [0.2, 0.25) is 0 Å². The number of rotatable bonds is 3. The van der Waals surface area contributed by atoms with Crippen LogP contribution in [0, 0.1) is 0 Å². The van der Waals surface area contributed by atoms with E-state index in [0.717, 1.165) is 63.5 Å². The van der Waals surface area contributed by atoms with Gasteiger partial charge in [-0.05, 0) is 63.0 Å². The van der Waals surface area contributed by atoms with E-state index >= 15 is 0 Å². The Hall–Kier alpha value is -1.95. The van der Waals surface area contributed by atoms with Gasteiger partial charge in [0.25, 0.3) is 0 Å². The summed E-state index contributed by atoms with van der Waals surface area (Å²) in [4.78, 5) is 34.6. The van der Waals surface area contributed by atoms with Crippen LogP contribution in [0.3, 0.4) is 0 Å². The number of nitrogens with zero attached hydrogens (tertiary/aromatic N) is 3. The molecule has 1 aliphatic carbocycles. The second kappa shape index (κ2) is 7.58. The molecule has 27 heavy (non-hydrogen) atoms. The second-order valence-corrected chi connectivity index (χ2v) is 8.28. The summed E-state index contributed by atoms with van der Waals surface area (Å²) in [6, 6.07) is 3.97. The standard InChI is InChI=1S/C21H29N3O3/c25-18-7-5-17(6-8-18)23-12-2-9-21(20(23)27)10-3-13-24(21)19(26)14-16-4-1-11-22-15-16/h1,4,11,15,17-18,25H,2-3,5-10,12-14H2. The molecule has 2 amide bonds. The van der Waals surface area contributed by atoms with Crippen molar-refractivity contribution in [2.45, 2.75) is 75.5 Å². The minimum atomic E-state index is -0.645. The Labute approximate surface area is 160 Å². The van der Waals surface area contributed by atoms with Crippen LogP contribution in [0.25, 0.3) is 0 Å². The Balaban J connectivity index is 1.51. The molecule has 2 saturated heterocycles. The van der Waals surface area contributed by atoms with E-state index in [2.05, 4.69) is 4.98 Å². The molecule has 3 heterocycles. The first kappa shape index (κ1) is 18.4. The maximum absolute atomic E-state index is 13.6. The summed E-state index contributed by atoms with van der Waals surface area (Å²) in [7, 11) is 0. The van der Waals surface area contributed by atoms with E-state index in [1.54, 1.807) is 12.4 Å². The monoisotopic (exact) mass is 371 g/mol. The lowest BCUT2D eigenvalue weighted by Crippen LogP contribution is -2.63. The van der Waals surface area contributed by atoms with Gasteiger partial charge in [-0.3, -0.25) is 14.6 Å². The Morgan fingerprint density at radius 1 is 1.19 bits per heavy atom. The second-order valence-electron chi connectivity index (χ2n) is 8.28. The van der Waals surface area contributed by atoms with Gasteiger partial charge in [-0.25, -0.2) is 0 Å². The van der Waals surface area contributed by atoms with Crippen molar-refractivity contribution in [2.75, 3.05) is 13.1 Å². The topological polar surface area (TPSA) is 73.7 Å². The van der Waals surface area contributed by atoms with Gasteiger partial charge in [0, 0.05) is 31.5 Å². The highest BCUT2D eigenvalue weighted by Crippen LogP contribution is 2.40. The number of carbonyl (C=O) groups excluding carboxylic acids is 2. The Bertz CT molecular complexity index is 687. The van der Waals surface area contributed by atoms with Crippen LogP contribution in [-0.4, -0.2) is 62.5 Å². The molecule has 0 radical (unpaired) electrons. The van der Waals surface area contributed by atoms with Crippen molar-refractivity contribution < 1.29 is 14.7 Å². The van der Waals surface area contributed by atoms with Crippen LogP contribution in [-0.2, 0) is 16.0 Å². The fraction of sp³-hybridized carbons (Fsp3) is 0.667. The number of likely N-dealkylation sites (tertiary alicyclic amines) is 2. The molecule has 6 nitrogen and oxygen atoms in total. The number of amides is 2. The molecule has 0 aromatic carbocycles. The highest BCUT2D eigenvalue weighted by molar-refractivity contribution is 5.93. The minimum Gasteiger partial charge on any atom is -0.393 e. The van der Waals surface area contributed by atoms with Crippen LogP contribution in [0.1, 0.15) is 56.9 Å². The summed E-state index contributed by atoms with van der Waals surface area (Å²) in [6.07, 6.45) is 10.2. The zero-order valence-electron chi connectivity index (χ0n) is 15.8. The number of aliphatic hydroxyl groups excluding tert-OH is 1. The third kappa shape index (κ3) is 3.47. The number of hydrogen-bond acceptors (Lipinski definition) is 4. The molecule has 2 aliphatic heterocycles. The molecule has 1 saturated carbocycles. The van der Waals surface area contributed by atoms with E-state index in [4.69, 9.17) is 0 Å². The average molecular weight is 371 g/mol. The Morgan fingerprint density at radius 2 is 1.93 bits per heavy atom. The van der Waals surface area contributed by atoms with Crippen molar-refractivity contribution in [3.05, 3.63) is 30.1 Å². The van der Waals surface area contributed by atoms with E-state index in [1.807, 2.05) is 21.9 Å². The average Bonchev–Trinajstić information content (AvgIpc) is 3.10. The maximum atomic E-state index is 13.6. The molecular weight excluding hydrogens is 342 g/mol. The highest BCUT2D eigenvalue weighted by atomic mass is 16.3. The van der Waals surface area contributed by atoms with Crippen LogP contribution < -0.4 is 0 Å². The number of aromatic nitrogens is 1. The first-order valence-corrected chi connectivity index (χ1v) is 10.3. The number of carbonyl (C=O) groups is 2. The van der Waals surface area contributed by atoms with Gasteiger partial charge in [-0.15, -0.1) is 0 Å². The molecule has 1 N–H and O–H groups in total. The number of pyridine rings is 1. The third-order valence-corrected chi connectivity index (χ3v) is 6.62. The van der Waals surface area contributed by atoms with E-state index in [1.165, 1.54) is 0 Å². The summed E-state index contributed by atoms with van der Waals surface area (Å²) in [5, 5.41) is 9.79. The van der Waals surface area contributed by atoms with Gasteiger partial charge in [0.1, 0.15) is 5.54 Å². The van der Waals surface area contributed by atoms with Gasteiger partial charge in [0.2, 0.25) is 11.8 Å². The van der Waals surface area contributed by atoms with Crippen LogP contribution in [0.4, 0.5) is 0 Å². The summed E-state index contributed by atoms with van der Waals surface area (Å²) in [5.74, 6) is 0.182. The molecule has 1 atom stereocenters. The molecule has 1 spiro atoms. The van der Waals surface area contributed by atoms with Crippen LogP contribution >= 0.6 is 0 Å². The van der Waals surface area contributed by atoms with Crippen molar-refractivity contribution in [2.24, 2.45) is 0 Å². The van der Waals surface area contributed by atoms with Gasteiger partial charge in [-0.2, -0.15) is 0 Å². The van der Waals surface area contributed by atoms with Crippen molar-refractivity contribution in [3.63, 3.8) is 0 Å². The van der Waals surface area contributed by atoms with Crippen molar-refractivity contribution in [1.82, 2.24) is 14.8 Å². The van der Waals surface area contributed by atoms with Gasteiger partial charge in [-0.1, -0.05) is 6.07 Å². The summed E-state index contributed by atoms with van der Waals surface area (Å²) < 4.78 is 0. The fourth-order valence-electron chi connectivity index (χ4n) is 5.23. The first-order valence-electron chi connectivity index (χ1n) is 10.3. The molecule has 1 aromatic rings. The normalized spacial score (nSPS) is 31.5. The predicted octanol–water partition coefficient (Wildman–Crippen LogP) is 1.91. The van der Waals surface area contributed by atoms with Crippen LogP contribution in [0.15, 0.2) is 24.5 Å². The van der Waals surface area contributed by atoms with Crippen molar-refractivity contribution >= 4 is 11.8 Å². The fourth-order valence-corrected chi connectivity index (χ4v) is 5.23. The Kier molecular flexibility index (Phi) is 5.17. The molecular formula is C21H29N3O3. The quantitative estimate of drug-likeness (QED) is 0.881. The van der Waals surface area contributed by atoms with E-state index in [0.29, 0.717) is 13.0 Å². The lowest BCUT2D eigenvalue weighted by atomic mass is 9.82. The van der Waals surface area contributed by atoms with Crippen LogP contribution in [0.5, 0.6) is 0 Å². The van der Waals surface area contributed by atoms with E-state index < -0.39 is 5.54 Å². The molecule has 4 rings (SSSR count). The summed E-state index contributed by atoms with van der Waals surface area (Å²) in [5.41, 5.74) is 0.249. The first-order chi connectivity index (χ1) is 13.1. The lowest BCUT2D eigenvalue weighted by Gasteiger charge is -2.48. The molecule has 3 aliphatic rings. The molecule has 1 unspecified atom stereocenters. The van der Waals surface area contributed by atoms with E-state index in [-0.39, 0.29) is 24.0 Å². The lowest BCUT2D eigenvalue weighted by molar-refractivity contribution is -0.158. The summed E-state index contributed by atoms with van der Waals surface area (Å²) in [6.45, 7) is 1.45. The molecule has 1 aromatic heterocycles. The number of piperidine rings is 1. The maximum Gasteiger partial charge on any atom is 0.248 e. The predicted molar refractivity (Wildman–Crippen MR) is 101 cm³/mol. The zero-order valence-corrected chi connectivity index (χ0v) is 15.8. The van der Waals surface area contributed by atoms with Crippen molar-refractivity contribution in [3.8, 4) is 0 Å². The largest absolute Gasteiger partial charge is 0.393 e. The minimum absolute atomic E-state index is 0.0368. The van der Waals surface area contributed by atoms with Gasteiger partial charge in [0.15, 0.2) is 0 Å². The number of hydrogen-bond donors (Lipinski definition) is 1. The summed E-state index contributed by atoms with van der Waals surface area (Å²) >= 11 is 0. The third-order valence-electron chi connectivity index (χ3n) is 6.62.